The maximum absolute atomic E-state index is 13.5. The fraction of sp³-hybridized carbons (Fsp3) is 0.133. The van der Waals surface area contributed by atoms with Crippen LogP contribution in [-0.4, -0.2) is 12.4 Å². The van der Waals surface area contributed by atoms with Crippen LogP contribution in [0.15, 0.2) is 46.9 Å². The van der Waals surface area contributed by atoms with E-state index in [-0.39, 0.29) is 18.1 Å². The topological polar surface area (TPSA) is 26.3 Å². The largest absolute Gasteiger partial charge is 0.482 e. The Morgan fingerprint density at radius 1 is 1.26 bits per heavy atom. The molecule has 2 aromatic rings. The monoisotopic (exact) mass is 322 g/mol. The van der Waals surface area contributed by atoms with Crippen LogP contribution in [0, 0.1) is 12.7 Å². The normalized spacial score (nSPS) is 10.3. The summed E-state index contributed by atoms with van der Waals surface area (Å²) in [6, 6.07) is 11.6. The lowest BCUT2D eigenvalue weighted by atomic mass is 10.1. The van der Waals surface area contributed by atoms with E-state index in [0.717, 1.165) is 5.56 Å². The summed E-state index contributed by atoms with van der Waals surface area (Å²) in [5, 5.41) is 0. The van der Waals surface area contributed by atoms with Crippen LogP contribution in [0.2, 0.25) is 0 Å². The number of hydrogen-bond acceptors (Lipinski definition) is 2. The van der Waals surface area contributed by atoms with Gasteiger partial charge >= 0.3 is 0 Å². The third-order valence-corrected chi connectivity index (χ3v) is 3.31. The second-order valence-electron chi connectivity index (χ2n) is 4.13. The average molecular weight is 323 g/mol. The summed E-state index contributed by atoms with van der Waals surface area (Å²) in [4.78, 5) is 12.0. The number of benzene rings is 2. The second kappa shape index (κ2) is 5.97. The SMILES string of the molecule is Cc1ccc(F)c(OCC(=O)c2ccccc2Br)c1. The van der Waals surface area contributed by atoms with Gasteiger partial charge in [-0.05, 0) is 30.7 Å². The van der Waals surface area contributed by atoms with Crippen LogP contribution in [0.4, 0.5) is 4.39 Å². The van der Waals surface area contributed by atoms with Gasteiger partial charge in [0.05, 0.1) is 0 Å². The van der Waals surface area contributed by atoms with E-state index in [1.54, 1.807) is 30.3 Å². The van der Waals surface area contributed by atoms with Crippen molar-refractivity contribution >= 4 is 21.7 Å². The molecule has 0 N–H and O–H groups in total. The summed E-state index contributed by atoms with van der Waals surface area (Å²) in [5.41, 5.74) is 1.40. The zero-order valence-electron chi connectivity index (χ0n) is 10.3. The van der Waals surface area contributed by atoms with Crippen molar-refractivity contribution in [3.63, 3.8) is 0 Å². The van der Waals surface area contributed by atoms with Crippen LogP contribution in [0.5, 0.6) is 5.75 Å². The molecule has 0 atom stereocenters. The Balaban J connectivity index is 2.09. The highest BCUT2D eigenvalue weighted by Gasteiger charge is 2.11. The van der Waals surface area contributed by atoms with Crippen molar-refractivity contribution in [3.8, 4) is 5.75 Å². The van der Waals surface area contributed by atoms with Gasteiger partial charge < -0.3 is 4.74 Å². The van der Waals surface area contributed by atoms with Crippen LogP contribution in [-0.2, 0) is 0 Å². The van der Waals surface area contributed by atoms with Gasteiger partial charge in [-0.15, -0.1) is 0 Å². The Morgan fingerprint density at radius 2 is 2.00 bits per heavy atom. The van der Waals surface area contributed by atoms with Gasteiger partial charge in [-0.25, -0.2) is 4.39 Å². The van der Waals surface area contributed by atoms with E-state index in [2.05, 4.69) is 15.9 Å². The molecule has 0 saturated carbocycles. The Hall–Kier alpha value is -1.68. The molecule has 0 aliphatic rings. The fourth-order valence-electron chi connectivity index (χ4n) is 1.63. The Bertz CT molecular complexity index is 611. The molecule has 0 spiro atoms. The van der Waals surface area contributed by atoms with E-state index in [4.69, 9.17) is 4.74 Å². The number of carbonyl (C=O) groups is 1. The first-order valence-electron chi connectivity index (χ1n) is 5.74. The number of Topliss-reactive ketones (excluding diaryl/α,β-unsaturated/α-hetero) is 1. The molecular weight excluding hydrogens is 311 g/mol. The molecule has 0 radical (unpaired) electrons. The molecule has 0 aliphatic heterocycles. The maximum atomic E-state index is 13.5. The van der Waals surface area contributed by atoms with Crippen molar-refractivity contribution in [2.75, 3.05) is 6.61 Å². The summed E-state index contributed by atoms with van der Waals surface area (Å²) in [5.74, 6) is -0.570. The maximum Gasteiger partial charge on any atom is 0.201 e. The molecule has 98 valence electrons. The van der Waals surface area contributed by atoms with E-state index in [9.17, 15) is 9.18 Å². The van der Waals surface area contributed by atoms with Gasteiger partial charge in [0, 0.05) is 10.0 Å². The molecule has 2 nitrogen and oxygen atoms in total. The first kappa shape index (κ1) is 13.7. The van der Waals surface area contributed by atoms with Crippen LogP contribution < -0.4 is 4.74 Å². The summed E-state index contributed by atoms with van der Waals surface area (Å²) in [6.45, 7) is 1.64. The van der Waals surface area contributed by atoms with E-state index >= 15 is 0 Å². The number of aryl methyl sites for hydroxylation is 1. The van der Waals surface area contributed by atoms with Gasteiger partial charge in [-0.3, -0.25) is 4.79 Å². The molecule has 0 aromatic heterocycles. The molecule has 0 bridgehead atoms. The van der Waals surface area contributed by atoms with Crippen molar-refractivity contribution in [1.82, 2.24) is 0 Å². The van der Waals surface area contributed by atoms with Crippen LogP contribution in [0.25, 0.3) is 0 Å². The van der Waals surface area contributed by atoms with Gasteiger partial charge in [0.15, 0.2) is 18.2 Å². The summed E-state index contributed by atoms with van der Waals surface area (Å²) in [6.07, 6.45) is 0. The van der Waals surface area contributed by atoms with Gasteiger partial charge in [-0.2, -0.15) is 0 Å². The number of rotatable bonds is 4. The number of hydrogen-bond donors (Lipinski definition) is 0. The van der Waals surface area contributed by atoms with Crippen molar-refractivity contribution in [3.05, 3.63) is 63.9 Å². The van der Waals surface area contributed by atoms with Crippen LogP contribution in [0.3, 0.4) is 0 Å². The molecule has 2 aromatic carbocycles. The summed E-state index contributed by atoms with van der Waals surface area (Å²) in [7, 11) is 0. The Kier molecular flexibility index (Phi) is 4.32. The smallest absolute Gasteiger partial charge is 0.201 e. The highest BCUT2D eigenvalue weighted by molar-refractivity contribution is 9.10. The van der Waals surface area contributed by atoms with Gasteiger partial charge in [0.1, 0.15) is 0 Å². The number of halogens is 2. The molecular formula is C15H12BrFO2. The highest BCUT2D eigenvalue weighted by Crippen LogP contribution is 2.20. The molecule has 0 unspecified atom stereocenters. The van der Waals surface area contributed by atoms with Crippen molar-refractivity contribution < 1.29 is 13.9 Å². The van der Waals surface area contributed by atoms with Gasteiger partial charge in [0.25, 0.3) is 0 Å². The molecule has 0 saturated heterocycles. The van der Waals surface area contributed by atoms with Crippen molar-refractivity contribution in [1.29, 1.82) is 0 Å². The standard InChI is InChI=1S/C15H12BrFO2/c1-10-6-7-13(17)15(8-10)19-9-14(18)11-4-2-3-5-12(11)16/h2-8H,9H2,1H3. The minimum atomic E-state index is -0.467. The first-order chi connectivity index (χ1) is 9.08. The van der Waals surface area contributed by atoms with E-state index in [1.165, 1.54) is 6.07 Å². The zero-order chi connectivity index (χ0) is 13.8. The lowest BCUT2D eigenvalue weighted by Crippen LogP contribution is -2.12. The molecule has 0 aliphatic carbocycles. The third kappa shape index (κ3) is 3.41. The van der Waals surface area contributed by atoms with Crippen molar-refractivity contribution in [2.24, 2.45) is 0 Å². The second-order valence-corrected chi connectivity index (χ2v) is 4.98. The average Bonchev–Trinajstić information content (AvgIpc) is 2.40. The lowest BCUT2D eigenvalue weighted by Gasteiger charge is -2.08. The minimum Gasteiger partial charge on any atom is -0.482 e. The zero-order valence-corrected chi connectivity index (χ0v) is 11.9. The molecule has 4 heteroatoms. The predicted molar refractivity (Wildman–Crippen MR) is 75.1 cm³/mol. The fourth-order valence-corrected chi connectivity index (χ4v) is 2.14. The minimum absolute atomic E-state index is 0.0976. The molecule has 2 rings (SSSR count). The van der Waals surface area contributed by atoms with E-state index in [0.29, 0.717) is 10.0 Å². The van der Waals surface area contributed by atoms with Gasteiger partial charge in [0.2, 0.25) is 5.78 Å². The van der Waals surface area contributed by atoms with Crippen LogP contribution in [0.1, 0.15) is 15.9 Å². The predicted octanol–water partition coefficient (Wildman–Crippen LogP) is 4.16. The number of carbonyl (C=O) groups excluding carboxylic acids is 1. The van der Waals surface area contributed by atoms with Crippen LogP contribution >= 0.6 is 15.9 Å². The van der Waals surface area contributed by atoms with Crippen molar-refractivity contribution in [2.45, 2.75) is 6.92 Å². The molecule has 19 heavy (non-hydrogen) atoms. The lowest BCUT2D eigenvalue weighted by molar-refractivity contribution is 0.0918. The number of ether oxygens (including phenoxy) is 1. The number of ketones is 1. The molecule has 0 heterocycles. The van der Waals surface area contributed by atoms with E-state index in [1.807, 2.05) is 13.0 Å². The third-order valence-electron chi connectivity index (χ3n) is 2.62. The highest BCUT2D eigenvalue weighted by atomic mass is 79.9. The quantitative estimate of drug-likeness (QED) is 0.790. The summed E-state index contributed by atoms with van der Waals surface area (Å²) < 4.78 is 19.4. The molecule has 0 amide bonds. The van der Waals surface area contributed by atoms with E-state index < -0.39 is 5.82 Å². The molecule has 0 fully saturated rings. The Morgan fingerprint density at radius 3 is 2.74 bits per heavy atom. The van der Waals surface area contributed by atoms with Gasteiger partial charge in [-0.1, -0.05) is 40.2 Å². The first-order valence-corrected chi connectivity index (χ1v) is 6.54. The Labute approximate surface area is 119 Å². The summed E-state index contributed by atoms with van der Waals surface area (Å²) >= 11 is 3.30.